The van der Waals surface area contributed by atoms with Crippen molar-refractivity contribution in [1.29, 1.82) is 0 Å². The van der Waals surface area contributed by atoms with Crippen LogP contribution in [0.1, 0.15) is 0 Å². The topological polar surface area (TPSA) is 29.5 Å². The minimum atomic E-state index is 0.858. The summed E-state index contributed by atoms with van der Waals surface area (Å²) in [4.78, 5) is 2.41. The molecule has 0 fully saturated rings. The third-order valence-electron chi connectivity index (χ3n) is 10.1. The van der Waals surface area contributed by atoms with Crippen LogP contribution in [-0.2, 0) is 0 Å². The molecule has 0 atom stereocenters. The highest BCUT2D eigenvalue weighted by molar-refractivity contribution is 7.25. The molecule has 234 valence electrons. The van der Waals surface area contributed by atoms with Crippen LogP contribution < -0.4 is 4.90 Å². The highest BCUT2D eigenvalue weighted by Gasteiger charge is 2.24. The zero-order valence-corrected chi connectivity index (χ0v) is 27.6. The second-order valence-electron chi connectivity index (χ2n) is 12.8. The SMILES string of the molecule is c1ccc(N(c2ccc3oc4ccccc4c3c2)c2cccc3oc4c5ccccc5ccc4c23)c(-c2cccc3sc4ccccc4c23)c1. The molecular formula is C46H27NO2S. The van der Waals surface area contributed by atoms with Gasteiger partial charge in [0.05, 0.1) is 16.8 Å². The highest BCUT2D eigenvalue weighted by Crippen LogP contribution is 2.49. The van der Waals surface area contributed by atoms with Crippen LogP contribution in [0.4, 0.5) is 17.1 Å². The summed E-state index contributed by atoms with van der Waals surface area (Å²) in [5, 5.41) is 9.21. The van der Waals surface area contributed by atoms with Gasteiger partial charge in [0.2, 0.25) is 0 Å². The van der Waals surface area contributed by atoms with E-state index in [1.54, 1.807) is 0 Å². The van der Waals surface area contributed by atoms with Gasteiger partial charge in [0.1, 0.15) is 22.3 Å². The fourth-order valence-electron chi connectivity index (χ4n) is 7.88. The van der Waals surface area contributed by atoms with Crippen LogP contribution in [0.2, 0.25) is 0 Å². The predicted octanol–water partition coefficient (Wildman–Crippen LogP) is 14.1. The van der Waals surface area contributed by atoms with Crippen LogP contribution in [0, 0.1) is 0 Å². The summed E-state index contributed by atoms with van der Waals surface area (Å²) in [5.41, 5.74) is 9.08. The van der Waals surface area contributed by atoms with Gasteiger partial charge in [-0.25, -0.2) is 0 Å². The smallest absolute Gasteiger partial charge is 0.143 e. The Morgan fingerprint density at radius 3 is 2.06 bits per heavy atom. The van der Waals surface area contributed by atoms with Crippen LogP contribution in [0.5, 0.6) is 0 Å². The molecule has 0 aliphatic heterocycles. The standard InChI is InChI=1S/C46H27NO2S/c1-2-12-30-28(11-1)23-25-35-45-38(18-10-20-41(45)49-46(30)35)47(29-24-26-40-36(27-29)32-14-4-7-19-39(32)48-40)37-17-6-3-13-31(37)33-16-9-22-43-44(33)34-15-5-8-21-42(34)50-43/h1-27H. The Morgan fingerprint density at radius 1 is 0.400 bits per heavy atom. The van der Waals surface area contributed by atoms with E-state index in [-0.39, 0.29) is 0 Å². The molecule has 50 heavy (non-hydrogen) atoms. The maximum Gasteiger partial charge on any atom is 0.143 e. The molecule has 3 heterocycles. The number of furan rings is 2. The van der Waals surface area contributed by atoms with Crippen LogP contribution in [-0.4, -0.2) is 0 Å². The number of anilines is 3. The highest BCUT2D eigenvalue weighted by atomic mass is 32.1. The Bertz CT molecular complexity index is 3130. The van der Waals surface area contributed by atoms with Gasteiger partial charge in [-0.15, -0.1) is 11.3 Å². The van der Waals surface area contributed by atoms with E-state index < -0.39 is 0 Å². The Hall–Kier alpha value is -6.36. The maximum atomic E-state index is 6.71. The first kappa shape index (κ1) is 27.6. The molecule has 11 aromatic rings. The molecular weight excluding hydrogens is 631 g/mol. The third kappa shape index (κ3) is 3.97. The monoisotopic (exact) mass is 657 g/mol. The minimum absolute atomic E-state index is 0.858. The van der Waals surface area contributed by atoms with Crippen LogP contribution in [0.25, 0.3) is 85.9 Å². The molecule has 3 aromatic heterocycles. The molecule has 0 saturated heterocycles. The van der Waals surface area contributed by atoms with Gasteiger partial charge in [-0.3, -0.25) is 0 Å². The van der Waals surface area contributed by atoms with E-state index in [0.29, 0.717) is 0 Å². The lowest BCUT2D eigenvalue weighted by molar-refractivity contribution is 0.669. The van der Waals surface area contributed by atoms with Crippen molar-refractivity contribution >= 4 is 103 Å². The molecule has 8 aromatic carbocycles. The molecule has 0 amide bonds. The van der Waals surface area contributed by atoms with Crippen molar-refractivity contribution in [2.45, 2.75) is 0 Å². The van der Waals surface area contributed by atoms with Crippen molar-refractivity contribution in [3.63, 3.8) is 0 Å². The van der Waals surface area contributed by atoms with E-state index in [0.717, 1.165) is 77.3 Å². The molecule has 0 N–H and O–H groups in total. The van der Waals surface area contributed by atoms with Gasteiger partial charge < -0.3 is 13.7 Å². The average molecular weight is 658 g/mol. The summed E-state index contributed by atoms with van der Waals surface area (Å²) in [7, 11) is 0. The molecule has 0 bridgehead atoms. The Morgan fingerprint density at radius 2 is 1.10 bits per heavy atom. The van der Waals surface area contributed by atoms with Gasteiger partial charge in [-0.2, -0.15) is 0 Å². The molecule has 0 unspecified atom stereocenters. The predicted molar refractivity (Wildman–Crippen MR) is 212 cm³/mol. The maximum absolute atomic E-state index is 6.71. The van der Waals surface area contributed by atoms with Gasteiger partial charge in [0, 0.05) is 53.0 Å². The number of rotatable bonds is 4. The van der Waals surface area contributed by atoms with Crippen molar-refractivity contribution < 1.29 is 8.83 Å². The zero-order valence-electron chi connectivity index (χ0n) is 26.8. The molecule has 0 spiro atoms. The summed E-state index contributed by atoms with van der Waals surface area (Å²) in [5.74, 6) is 0. The van der Waals surface area contributed by atoms with E-state index >= 15 is 0 Å². The second kappa shape index (κ2) is 10.6. The summed E-state index contributed by atoms with van der Waals surface area (Å²) in [6.07, 6.45) is 0. The first-order valence-corrected chi connectivity index (χ1v) is 17.7. The van der Waals surface area contributed by atoms with E-state index in [4.69, 9.17) is 8.83 Å². The number of hydrogen-bond acceptors (Lipinski definition) is 4. The summed E-state index contributed by atoms with van der Waals surface area (Å²) >= 11 is 1.85. The van der Waals surface area contributed by atoms with Crippen LogP contribution >= 0.6 is 11.3 Å². The Kier molecular flexibility index (Phi) is 5.83. The molecule has 0 aliphatic carbocycles. The Labute approximate surface area is 290 Å². The summed E-state index contributed by atoms with van der Waals surface area (Å²) < 4.78 is 15.6. The Balaban J connectivity index is 1.25. The molecule has 0 aliphatic rings. The molecule has 0 radical (unpaired) electrons. The quantitative estimate of drug-likeness (QED) is 0.189. The third-order valence-corrected chi connectivity index (χ3v) is 11.2. The van der Waals surface area contributed by atoms with Gasteiger partial charge >= 0.3 is 0 Å². The van der Waals surface area contributed by atoms with Gasteiger partial charge in [-0.05, 0) is 71.6 Å². The summed E-state index contributed by atoms with van der Waals surface area (Å²) in [6, 6.07) is 58.4. The van der Waals surface area contributed by atoms with E-state index in [2.05, 4.69) is 157 Å². The number of thiophene rings is 1. The number of para-hydroxylation sites is 2. The number of hydrogen-bond donors (Lipinski definition) is 0. The number of benzene rings is 8. The number of nitrogens with zero attached hydrogens (tertiary/aromatic N) is 1. The molecule has 3 nitrogen and oxygen atoms in total. The lowest BCUT2D eigenvalue weighted by atomic mass is 9.96. The van der Waals surface area contributed by atoms with Crippen molar-refractivity contribution in [2.75, 3.05) is 4.90 Å². The van der Waals surface area contributed by atoms with Crippen molar-refractivity contribution in [2.24, 2.45) is 0 Å². The first-order valence-electron chi connectivity index (χ1n) is 16.8. The second-order valence-corrected chi connectivity index (χ2v) is 13.9. The summed E-state index contributed by atoms with van der Waals surface area (Å²) in [6.45, 7) is 0. The minimum Gasteiger partial charge on any atom is -0.456 e. The fourth-order valence-corrected chi connectivity index (χ4v) is 9.01. The fraction of sp³-hybridized carbons (Fsp3) is 0. The van der Waals surface area contributed by atoms with E-state index in [1.165, 1.54) is 25.7 Å². The number of fused-ring (bicyclic) bond motifs is 11. The molecule has 0 saturated carbocycles. The molecule has 11 rings (SSSR count). The normalized spacial score (nSPS) is 12.0. The van der Waals surface area contributed by atoms with Crippen molar-refractivity contribution in [3.05, 3.63) is 164 Å². The zero-order chi connectivity index (χ0) is 32.8. The first-order chi connectivity index (χ1) is 24.8. The van der Waals surface area contributed by atoms with Crippen LogP contribution in [0.15, 0.2) is 173 Å². The van der Waals surface area contributed by atoms with Crippen molar-refractivity contribution in [3.8, 4) is 11.1 Å². The lowest BCUT2D eigenvalue weighted by Gasteiger charge is -2.28. The van der Waals surface area contributed by atoms with Crippen molar-refractivity contribution in [1.82, 2.24) is 0 Å². The van der Waals surface area contributed by atoms with Gasteiger partial charge in [0.25, 0.3) is 0 Å². The lowest BCUT2D eigenvalue weighted by Crippen LogP contribution is -2.11. The molecule has 4 heteroatoms. The van der Waals surface area contributed by atoms with Crippen LogP contribution in [0.3, 0.4) is 0 Å². The largest absolute Gasteiger partial charge is 0.456 e. The van der Waals surface area contributed by atoms with Gasteiger partial charge in [-0.1, -0.05) is 103 Å². The van der Waals surface area contributed by atoms with E-state index in [9.17, 15) is 0 Å². The van der Waals surface area contributed by atoms with E-state index in [1.807, 2.05) is 23.5 Å². The van der Waals surface area contributed by atoms with Gasteiger partial charge in [0.15, 0.2) is 0 Å². The average Bonchev–Trinajstić information content (AvgIpc) is 3.87.